The van der Waals surface area contributed by atoms with Crippen LogP contribution in [0.4, 0.5) is 5.69 Å². The molecule has 0 saturated carbocycles. The zero-order chi connectivity index (χ0) is 20.0. The lowest BCUT2D eigenvalue weighted by molar-refractivity contribution is -0.156. The summed E-state index contributed by atoms with van der Waals surface area (Å²) in [5, 5.41) is 5.65. The minimum absolute atomic E-state index is 0.0835. The molecule has 0 saturated heterocycles. The van der Waals surface area contributed by atoms with Gasteiger partial charge in [-0.25, -0.2) is 4.79 Å². The average Bonchev–Trinajstić information content (AvgIpc) is 3.13. The fourth-order valence-electron chi connectivity index (χ4n) is 2.23. The summed E-state index contributed by atoms with van der Waals surface area (Å²) < 4.78 is 10.2. The van der Waals surface area contributed by atoms with Gasteiger partial charge in [0.25, 0.3) is 11.8 Å². The van der Waals surface area contributed by atoms with Crippen LogP contribution in [0.3, 0.4) is 0 Å². The van der Waals surface area contributed by atoms with Gasteiger partial charge in [-0.2, -0.15) is 0 Å². The summed E-state index contributed by atoms with van der Waals surface area (Å²) in [5.74, 6) is -1.92. The molecule has 0 spiro atoms. The Morgan fingerprint density at radius 1 is 1.11 bits per heavy atom. The first-order chi connectivity index (χ1) is 12.8. The van der Waals surface area contributed by atoms with Gasteiger partial charge in [-0.05, 0) is 43.2 Å². The quantitative estimate of drug-likeness (QED) is 0.705. The van der Waals surface area contributed by atoms with E-state index in [0.29, 0.717) is 10.7 Å². The van der Waals surface area contributed by atoms with Crippen molar-refractivity contribution >= 4 is 35.1 Å². The van der Waals surface area contributed by atoms with Gasteiger partial charge in [0.1, 0.15) is 6.04 Å². The molecule has 1 aromatic carbocycles. The first-order valence-electron chi connectivity index (χ1n) is 8.39. The lowest BCUT2D eigenvalue weighted by Crippen LogP contribution is -2.47. The summed E-state index contributed by atoms with van der Waals surface area (Å²) in [6.45, 7) is 4.96. The number of halogens is 1. The minimum Gasteiger partial charge on any atom is -0.459 e. The van der Waals surface area contributed by atoms with E-state index in [4.69, 9.17) is 20.8 Å². The third-order valence-corrected chi connectivity index (χ3v) is 3.94. The minimum atomic E-state index is -1.06. The smallest absolute Gasteiger partial charge is 0.329 e. The van der Waals surface area contributed by atoms with E-state index in [0.717, 1.165) is 0 Å². The molecule has 0 aliphatic carbocycles. The molecule has 8 heteroatoms. The molecule has 0 aliphatic heterocycles. The van der Waals surface area contributed by atoms with Gasteiger partial charge in [-0.3, -0.25) is 9.59 Å². The van der Waals surface area contributed by atoms with Crippen LogP contribution in [0.1, 0.15) is 31.3 Å². The molecule has 2 N–H and O–H groups in total. The summed E-state index contributed by atoms with van der Waals surface area (Å²) in [6.07, 6.45) is 0.304. The van der Waals surface area contributed by atoms with Gasteiger partial charge in [0.05, 0.1) is 6.26 Å². The Balaban J connectivity index is 1.97. The number of benzene rings is 1. The molecular formula is C19H21ClN2O5. The van der Waals surface area contributed by atoms with Gasteiger partial charge >= 0.3 is 5.97 Å². The van der Waals surface area contributed by atoms with Crippen LogP contribution in [-0.4, -0.2) is 29.9 Å². The fourth-order valence-corrected chi connectivity index (χ4v) is 2.42. The summed E-state index contributed by atoms with van der Waals surface area (Å²) in [5.41, 5.74) is 0.488. The third kappa shape index (κ3) is 5.86. The topological polar surface area (TPSA) is 97.6 Å². The highest BCUT2D eigenvalue weighted by Gasteiger charge is 2.29. The largest absolute Gasteiger partial charge is 0.459 e. The van der Waals surface area contributed by atoms with Crippen LogP contribution in [-0.2, 0) is 14.3 Å². The normalized spacial score (nSPS) is 12.9. The summed E-state index contributed by atoms with van der Waals surface area (Å²) in [7, 11) is 0. The molecule has 2 amide bonds. The number of amides is 2. The Hall–Kier alpha value is -2.80. The lowest BCUT2D eigenvalue weighted by Gasteiger charge is -2.22. The van der Waals surface area contributed by atoms with Gasteiger partial charge in [0.15, 0.2) is 11.9 Å². The maximum absolute atomic E-state index is 12.4. The van der Waals surface area contributed by atoms with E-state index in [2.05, 4.69) is 10.6 Å². The highest BCUT2D eigenvalue weighted by Crippen LogP contribution is 2.16. The number of hydrogen-bond donors (Lipinski definition) is 2. The second-order valence-electron chi connectivity index (χ2n) is 6.25. The molecule has 1 aromatic heterocycles. The maximum Gasteiger partial charge on any atom is 0.329 e. The van der Waals surface area contributed by atoms with Crippen molar-refractivity contribution in [2.24, 2.45) is 5.92 Å². The molecule has 2 aromatic rings. The van der Waals surface area contributed by atoms with E-state index < -0.39 is 29.9 Å². The Kier molecular flexibility index (Phi) is 7.01. The molecule has 0 fully saturated rings. The molecule has 1 heterocycles. The van der Waals surface area contributed by atoms with E-state index in [1.807, 2.05) is 0 Å². The van der Waals surface area contributed by atoms with Crippen molar-refractivity contribution in [2.75, 3.05) is 5.32 Å². The summed E-state index contributed by atoms with van der Waals surface area (Å²) >= 11 is 5.87. The molecule has 2 atom stereocenters. The van der Waals surface area contributed by atoms with Crippen LogP contribution in [0, 0.1) is 5.92 Å². The molecule has 0 radical (unpaired) electrons. The Labute approximate surface area is 162 Å². The zero-order valence-corrected chi connectivity index (χ0v) is 15.9. The zero-order valence-electron chi connectivity index (χ0n) is 15.2. The van der Waals surface area contributed by atoms with Crippen LogP contribution >= 0.6 is 11.6 Å². The molecule has 0 aliphatic rings. The number of nitrogens with one attached hydrogen (secondary N) is 2. The molecule has 2 rings (SSSR count). The SMILES string of the molecule is CC(C)[C@H](NC(=O)c1ccco1)C(=O)O[C@H](C)C(=O)Nc1cccc(Cl)c1. The van der Waals surface area contributed by atoms with Crippen molar-refractivity contribution in [2.45, 2.75) is 32.9 Å². The number of rotatable bonds is 7. The van der Waals surface area contributed by atoms with Crippen LogP contribution in [0.2, 0.25) is 5.02 Å². The number of carbonyl (C=O) groups excluding carboxylic acids is 3. The van der Waals surface area contributed by atoms with Crippen LogP contribution < -0.4 is 10.6 Å². The molecule has 7 nitrogen and oxygen atoms in total. The average molecular weight is 393 g/mol. The molecule has 0 unspecified atom stereocenters. The van der Waals surface area contributed by atoms with Gasteiger partial charge in [-0.1, -0.05) is 31.5 Å². The molecular weight excluding hydrogens is 372 g/mol. The van der Waals surface area contributed by atoms with Crippen molar-refractivity contribution in [3.8, 4) is 0 Å². The van der Waals surface area contributed by atoms with Crippen molar-refractivity contribution in [3.05, 3.63) is 53.4 Å². The number of hydrogen-bond acceptors (Lipinski definition) is 5. The fraction of sp³-hybridized carbons (Fsp3) is 0.316. The summed E-state index contributed by atoms with van der Waals surface area (Å²) in [4.78, 5) is 36.8. The van der Waals surface area contributed by atoms with Gasteiger partial charge in [0, 0.05) is 10.7 Å². The van der Waals surface area contributed by atoms with Crippen molar-refractivity contribution in [3.63, 3.8) is 0 Å². The Morgan fingerprint density at radius 2 is 1.85 bits per heavy atom. The van der Waals surface area contributed by atoms with Crippen LogP contribution in [0.5, 0.6) is 0 Å². The standard InChI is InChI=1S/C19H21ClN2O5/c1-11(2)16(22-18(24)15-8-5-9-26-15)19(25)27-12(3)17(23)21-14-7-4-6-13(20)10-14/h4-12,16H,1-3H3,(H,21,23)(H,22,24)/t12-,16+/m1/s1. The third-order valence-electron chi connectivity index (χ3n) is 3.71. The number of esters is 1. The molecule has 0 bridgehead atoms. The predicted molar refractivity (Wildman–Crippen MR) is 100 cm³/mol. The van der Waals surface area contributed by atoms with Crippen molar-refractivity contribution in [1.29, 1.82) is 0 Å². The monoisotopic (exact) mass is 392 g/mol. The number of carbonyl (C=O) groups is 3. The first kappa shape index (κ1) is 20.5. The number of anilines is 1. The number of ether oxygens (including phenoxy) is 1. The summed E-state index contributed by atoms with van der Waals surface area (Å²) in [6, 6.07) is 8.74. The van der Waals surface area contributed by atoms with E-state index in [1.165, 1.54) is 19.3 Å². The first-order valence-corrected chi connectivity index (χ1v) is 8.77. The van der Waals surface area contributed by atoms with E-state index in [9.17, 15) is 14.4 Å². The Bertz CT molecular complexity index is 804. The number of furan rings is 1. The van der Waals surface area contributed by atoms with E-state index in [-0.39, 0.29) is 11.7 Å². The predicted octanol–water partition coefficient (Wildman–Crippen LogP) is 3.26. The van der Waals surface area contributed by atoms with E-state index >= 15 is 0 Å². The maximum atomic E-state index is 12.4. The Morgan fingerprint density at radius 3 is 2.44 bits per heavy atom. The van der Waals surface area contributed by atoms with Crippen molar-refractivity contribution in [1.82, 2.24) is 5.32 Å². The second-order valence-corrected chi connectivity index (χ2v) is 6.69. The van der Waals surface area contributed by atoms with Crippen molar-refractivity contribution < 1.29 is 23.5 Å². The lowest BCUT2D eigenvalue weighted by atomic mass is 10.0. The van der Waals surface area contributed by atoms with Gasteiger partial charge in [-0.15, -0.1) is 0 Å². The molecule has 27 heavy (non-hydrogen) atoms. The highest BCUT2D eigenvalue weighted by molar-refractivity contribution is 6.30. The van der Waals surface area contributed by atoms with Crippen LogP contribution in [0.25, 0.3) is 0 Å². The van der Waals surface area contributed by atoms with E-state index in [1.54, 1.807) is 44.2 Å². The van der Waals surface area contributed by atoms with Gasteiger partial charge < -0.3 is 19.8 Å². The highest BCUT2D eigenvalue weighted by atomic mass is 35.5. The second kappa shape index (κ2) is 9.23. The van der Waals surface area contributed by atoms with Gasteiger partial charge in [0.2, 0.25) is 0 Å². The van der Waals surface area contributed by atoms with Crippen LogP contribution in [0.15, 0.2) is 47.1 Å². The molecule has 144 valence electrons.